The van der Waals surface area contributed by atoms with Gasteiger partial charge in [-0.3, -0.25) is 4.79 Å². The van der Waals surface area contributed by atoms with Gasteiger partial charge in [-0.15, -0.1) is 0 Å². The summed E-state index contributed by atoms with van der Waals surface area (Å²) in [5.41, 5.74) is 2.68. The molecule has 0 fully saturated rings. The fourth-order valence-electron chi connectivity index (χ4n) is 3.74. The van der Waals surface area contributed by atoms with E-state index in [1.807, 2.05) is 37.8 Å². The number of allylic oxidation sites excluding steroid dienone is 1. The molecule has 0 amide bonds. The smallest absolute Gasteiger partial charge is 0.179 e. The summed E-state index contributed by atoms with van der Waals surface area (Å²) in [6.07, 6.45) is 2.28. The Morgan fingerprint density at radius 1 is 1.22 bits per heavy atom. The minimum atomic E-state index is -0.324. The van der Waals surface area contributed by atoms with E-state index >= 15 is 0 Å². The van der Waals surface area contributed by atoms with E-state index in [2.05, 4.69) is 5.32 Å². The second kappa shape index (κ2) is 8.48. The van der Waals surface area contributed by atoms with Gasteiger partial charge in [-0.1, -0.05) is 11.6 Å². The zero-order valence-electron chi connectivity index (χ0n) is 15.9. The first-order chi connectivity index (χ1) is 13.0. The van der Waals surface area contributed by atoms with E-state index in [9.17, 15) is 4.79 Å². The Hall–Kier alpha value is -1.79. The molecule has 0 aromatic heterocycles. The average Bonchev–Trinajstić information content (AvgIpc) is 2.64. The van der Waals surface area contributed by atoms with Gasteiger partial charge in [0.05, 0.1) is 24.3 Å². The number of nitrogens with one attached hydrogen (secondary N) is 1. The Morgan fingerprint density at radius 2 is 1.96 bits per heavy atom. The molecule has 7 heteroatoms. The van der Waals surface area contributed by atoms with E-state index in [0.717, 1.165) is 36.2 Å². The Morgan fingerprint density at radius 3 is 2.63 bits per heavy atom. The number of benzene rings is 1. The van der Waals surface area contributed by atoms with Crippen molar-refractivity contribution in [2.24, 2.45) is 0 Å². The van der Waals surface area contributed by atoms with Crippen LogP contribution in [0, 0.1) is 0 Å². The van der Waals surface area contributed by atoms with Crippen LogP contribution in [0.25, 0.3) is 0 Å². The van der Waals surface area contributed by atoms with Crippen molar-refractivity contribution >= 4 is 34.7 Å². The maximum absolute atomic E-state index is 12.8. The van der Waals surface area contributed by atoms with Crippen molar-refractivity contribution < 1.29 is 14.3 Å². The van der Waals surface area contributed by atoms with Gasteiger partial charge in [-0.25, -0.2) is 0 Å². The van der Waals surface area contributed by atoms with Crippen LogP contribution >= 0.6 is 23.8 Å². The Labute approximate surface area is 170 Å². The molecule has 0 bridgehead atoms. The van der Waals surface area contributed by atoms with Crippen molar-refractivity contribution in [2.75, 3.05) is 19.8 Å². The van der Waals surface area contributed by atoms with Crippen LogP contribution in [0.4, 0.5) is 0 Å². The lowest BCUT2D eigenvalue weighted by atomic mass is 9.84. The second-order valence-corrected chi connectivity index (χ2v) is 7.25. The maximum atomic E-state index is 12.8. The first kappa shape index (κ1) is 20.0. The molecule has 27 heavy (non-hydrogen) atoms. The van der Waals surface area contributed by atoms with Crippen LogP contribution in [0.1, 0.15) is 51.6 Å². The second-order valence-electron chi connectivity index (χ2n) is 6.46. The van der Waals surface area contributed by atoms with Gasteiger partial charge in [-0.05, 0) is 63.5 Å². The van der Waals surface area contributed by atoms with Gasteiger partial charge in [-0.2, -0.15) is 0 Å². The highest BCUT2D eigenvalue weighted by atomic mass is 35.5. The van der Waals surface area contributed by atoms with Crippen LogP contribution in [0.15, 0.2) is 23.4 Å². The molecule has 0 saturated carbocycles. The topological polar surface area (TPSA) is 50.8 Å². The quantitative estimate of drug-likeness (QED) is 0.704. The number of ketones is 1. The molecule has 146 valence electrons. The summed E-state index contributed by atoms with van der Waals surface area (Å²) in [7, 11) is 0. The van der Waals surface area contributed by atoms with Gasteiger partial charge in [0.2, 0.25) is 0 Å². The van der Waals surface area contributed by atoms with Crippen molar-refractivity contribution in [1.29, 1.82) is 0 Å². The summed E-state index contributed by atoms with van der Waals surface area (Å²) in [4.78, 5) is 14.8. The number of rotatable bonds is 6. The number of ether oxygens (including phenoxy) is 2. The first-order valence-electron chi connectivity index (χ1n) is 9.45. The van der Waals surface area contributed by atoms with E-state index in [0.29, 0.717) is 41.3 Å². The molecule has 1 aromatic rings. The molecule has 1 aromatic carbocycles. The number of halogens is 1. The molecule has 1 heterocycles. The zero-order chi connectivity index (χ0) is 19.6. The highest BCUT2D eigenvalue weighted by Gasteiger charge is 2.37. The lowest BCUT2D eigenvalue weighted by Gasteiger charge is -2.40. The summed E-state index contributed by atoms with van der Waals surface area (Å²) in [5, 5.41) is 4.44. The Balaban J connectivity index is 2.11. The third kappa shape index (κ3) is 3.78. The summed E-state index contributed by atoms with van der Waals surface area (Å²) in [5.74, 6) is 1.28. The molecule has 1 N–H and O–H groups in total. The number of hydrogen-bond acceptors (Lipinski definition) is 4. The van der Waals surface area contributed by atoms with Crippen molar-refractivity contribution in [3.8, 4) is 11.5 Å². The molecule has 2 aliphatic rings. The van der Waals surface area contributed by atoms with Gasteiger partial charge in [0, 0.05) is 24.2 Å². The molecule has 0 radical (unpaired) electrons. The van der Waals surface area contributed by atoms with E-state index in [1.165, 1.54) is 0 Å². The van der Waals surface area contributed by atoms with Crippen molar-refractivity contribution in [1.82, 2.24) is 10.2 Å². The molecular formula is C20H25ClN2O3S. The van der Waals surface area contributed by atoms with Gasteiger partial charge < -0.3 is 19.7 Å². The van der Waals surface area contributed by atoms with E-state index in [4.69, 9.17) is 33.3 Å². The van der Waals surface area contributed by atoms with Crippen LogP contribution in [0.3, 0.4) is 0 Å². The molecule has 5 nitrogen and oxygen atoms in total. The van der Waals surface area contributed by atoms with E-state index in [-0.39, 0.29) is 11.8 Å². The predicted octanol–water partition coefficient (Wildman–Crippen LogP) is 4.40. The van der Waals surface area contributed by atoms with Crippen molar-refractivity contribution in [3.63, 3.8) is 0 Å². The van der Waals surface area contributed by atoms with E-state index < -0.39 is 0 Å². The maximum Gasteiger partial charge on any atom is 0.179 e. The van der Waals surface area contributed by atoms with Crippen LogP contribution in [0.2, 0.25) is 5.02 Å². The minimum Gasteiger partial charge on any atom is -0.490 e. The van der Waals surface area contributed by atoms with Crippen LogP contribution in [-0.4, -0.2) is 35.6 Å². The van der Waals surface area contributed by atoms with Crippen molar-refractivity contribution in [3.05, 3.63) is 34.0 Å². The SMILES string of the molecule is CCOc1cc(C2NC(=S)N(CC)C3=C2C(=O)CCC3)cc(Cl)c1OCC. The largest absolute Gasteiger partial charge is 0.490 e. The monoisotopic (exact) mass is 408 g/mol. The number of hydrogen-bond donors (Lipinski definition) is 1. The third-order valence-corrected chi connectivity index (χ3v) is 5.45. The molecular weight excluding hydrogens is 384 g/mol. The molecule has 0 spiro atoms. The highest BCUT2D eigenvalue weighted by Crippen LogP contribution is 2.42. The fraction of sp³-hybridized carbons (Fsp3) is 0.500. The number of nitrogens with zero attached hydrogens (tertiary/aromatic N) is 1. The lowest BCUT2D eigenvalue weighted by Crippen LogP contribution is -2.49. The number of carbonyl (C=O) groups excluding carboxylic acids is 1. The van der Waals surface area contributed by atoms with E-state index in [1.54, 1.807) is 0 Å². The number of Topliss-reactive ketones (excluding diaryl/α,β-unsaturated/α-hetero) is 1. The fourth-order valence-corrected chi connectivity index (χ4v) is 4.37. The normalized spacial score (nSPS) is 19.7. The summed E-state index contributed by atoms with van der Waals surface area (Å²) in [6.45, 7) is 7.57. The molecule has 1 unspecified atom stereocenters. The zero-order valence-corrected chi connectivity index (χ0v) is 17.5. The minimum absolute atomic E-state index is 0.165. The van der Waals surface area contributed by atoms with Crippen LogP contribution in [-0.2, 0) is 4.79 Å². The molecule has 1 aliphatic carbocycles. The van der Waals surface area contributed by atoms with Gasteiger partial charge in [0.15, 0.2) is 22.4 Å². The van der Waals surface area contributed by atoms with Gasteiger partial charge >= 0.3 is 0 Å². The molecule has 1 aliphatic heterocycles. The standard InChI is InChI=1S/C20H25ClN2O3S/c1-4-23-14-8-7-9-15(24)17(14)18(22-20(23)27)12-10-13(21)19(26-6-3)16(11-12)25-5-2/h10-11,18H,4-9H2,1-3H3,(H,22,27). The lowest BCUT2D eigenvalue weighted by molar-refractivity contribution is -0.116. The molecule has 3 rings (SSSR count). The average molecular weight is 409 g/mol. The predicted molar refractivity (Wildman–Crippen MR) is 111 cm³/mol. The van der Waals surface area contributed by atoms with Gasteiger partial charge in [0.25, 0.3) is 0 Å². The highest BCUT2D eigenvalue weighted by molar-refractivity contribution is 7.80. The van der Waals surface area contributed by atoms with Crippen molar-refractivity contribution in [2.45, 2.75) is 46.1 Å². The van der Waals surface area contributed by atoms with Gasteiger partial charge in [0.1, 0.15) is 0 Å². The molecule has 0 saturated heterocycles. The Kier molecular flexibility index (Phi) is 6.27. The van der Waals surface area contributed by atoms with Crippen LogP contribution in [0.5, 0.6) is 11.5 Å². The summed E-state index contributed by atoms with van der Waals surface area (Å²) in [6, 6.07) is 3.41. The Bertz CT molecular complexity index is 794. The number of carbonyl (C=O) groups is 1. The van der Waals surface area contributed by atoms with Crippen LogP contribution < -0.4 is 14.8 Å². The third-order valence-electron chi connectivity index (χ3n) is 4.83. The summed E-state index contributed by atoms with van der Waals surface area (Å²) < 4.78 is 11.4. The summed E-state index contributed by atoms with van der Waals surface area (Å²) >= 11 is 12.1. The first-order valence-corrected chi connectivity index (χ1v) is 10.2. The molecule has 1 atom stereocenters. The number of thiocarbonyl (C=S) groups is 1.